The average Bonchev–Trinajstić information content (AvgIpc) is 2.30. The number of rotatable bonds is 2. The molecule has 1 fully saturated rings. The first-order chi connectivity index (χ1) is 7.27. The summed E-state index contributed by atoms with van der Waals surface area (Å²) in [6.07, 6.45) is 4.11. The molecule has 0 radical (unpaired) electrons. The molecule has 0 aliphatic carbocycles. The van der Waals surface area contributed by atoms with Crippen LogP contribution in [0.3, 0.4) is 0 Å². The molecule has 0 N–H and O–H groups in total. The van der Waals surface area contributed by atoms with Crippen molar-refractivity contribution in [2.45, 2.75) is 39.0 Å². The van der Waals surface area contributed by atoms with Gasteiger partial charge in [0.25, 0.3) is 0 Å². The number of hydrogen-bond donors (Lipinski definition) is 0. The van der Waals surface area contributed by atoms with Crippen LogP contribution in [0.1, 0.15) is 44.6 Å². The molecule has 2 rings (SSSR count). The Labute approximate surface area is 105 Å². The standard InChI is InChI=1S/C14H21N.ClH/c1-12(2)13-6-8-14(9-7-13)15-10-4-3-5-11-15;/h6-9,12H,3-5,10-11H2,1-2H3;1H. The molecule has 0 bridgehead atoms. The van der Waals surface area contributed by atoms with Gasteiger partial charge in [0.1, 0.15) is 0 Å². The maximum Gasteiger partial charge on any atom is 0.0366 e. The lowest BCUT2D eigenvalue weighted by atomic mass is 10.0. The molecule has 0 aromatic heterocycles. The highest BCUT2D eigenvalue weighted by atomic mass is 35.5. The first-order valence-electron chi connectivity index (χ1n) is 6.12. The van der Waals surface area contributed by atoms with Gasteiger partial charge in [-0.15, -0.1) is 12.4 Å². The van der Waals surface area contributed by atoms with Crippen LogP contribution in [0.25, 0.3) is 0 Å². The highest BCUT2D eigenvalue weighted by Crippen LogP contribution is 2.22. The molecule has 0 atom stereocenters. The summed E-state index contributed by atoms with van der Waals surface area (Å²) in [5.41, 5.74) is 2.84. The fourth-order valence-electron chi connectivity index (χ4n) is 2.22. The monoisotopic (exact) mass is 239 g/mol. The third-order valence-electron chi connectivity index (χ3n) is 3.28. The van der Waals surface area contributed by atoms with Crippen molar-refractivity contribution in [2.75, 3.05) is 18.0 Å². The highest BCUT2D eigenvalue weighted by Gasteiger charge is 2.10. The predicted molar refractivity (Wildman–Crippen MR) is 73.8 cm³/mol. The number of piperidine rings is 1. The van der Waals surface area contributed by atoms with Gasteiger partial charge in [0.15, 0.2) is 0 Å². The Morgan fingerprint density at radius 3 is 2.00 bits per heavy atom. The van der Waals surface area contributed by atoms with E-state index in [2.05, 4.69) is 43.0 Å². The molecule has 1 aliphatic rings. The molecule has 0 unspecified atom stereocenters. The van der Waals surface area contributed by atoms with Gasteiger partial charge in [-0.2, -0.15) is 0 Å². The second kappa shape index (κ2) is 6.15. The van der Waals surface area contributed by atoms with Gasteiger partial charge in [-0.25, -0.2) is 0 Å². The normalized spacial score (nSPS) is 16.1. The molecule has 16 heavy (non-hydrogen) atoms. The summed E-state index contributed by atoms with van der Waals surface area (Å²) >= 11 is 0. The number of benzene rings is 1. The SMILES string of the molecule is CC(C)c1ccc(N2CCCCC2)cc1.Cl. The minimum Gasteiger partial charge on any atom is -0.372 e. The number of halogens is 1. The maximum absolute atomic E-state index is 2.51. The van der Waals surface area contributed by atoms with Crippen LogP contribution >= 0.6 is 12.4 Å². The van der Waals surface area contributed by atoms with E-state index in [1.54, 1.807) is 0 Å². The molecule has 90 valence electrons. The fraction of sp³-hybridized carbons (Fsp3) is 0.571. The van der Waals surface area contributed by atoms with Crippen molar-refractivity contribution in [3.8, 4) is 0 Å². The second-order valence-electron chi connectivity index (χ2n) is 4.79. The molecular weight excluding hydrogens is 218 g/mol. The predicted octanol–water partition coefficient (Wildman–Crippen LogP) is 4.22. The van der Waals surface area contributed by atoms with E-state index >= 15 is 0 Å². The Hall–Kier alpha value is -0.690. The first-order valence-corrected chi connectivity index (χ1v) is 6.12. The van der Waals surface area contributed by atoms with E-state index in [0.717, 1.165) is 0 Å². The van der Waals surface area contributed by atoms with Gasteiger partial charge in [-0.05, 0) is 42.9 Å². The summed E-state index contributed by atoms with van der Waals surface area (Å²) in [5, 5.41) is 0. The Balaban J connectivity index is 0.00000128. The van der Waals surface area contributed by atoms with Crippen LogP contribution < -0.4 is 4.90 Å². The molecule has 0 spiro atoms. The van der Waals surface area contributed by atoms with Crippen molar-refractivity contribution < 1.29 is 0 Å². The molecule has 1 aromatic carbocycles. The fourth-order valence-corrected chi connectivity index (χ4v) is 2.22. The molecule has 1 aliphatic heterocycles. The van der Waals surface area contributed by atoms with Gasteiger partial charge in [0, 0.05) is 18.8 Å². The third-order valence-corrected chi connectivity index (χ3v) is 3.28. The summed E-state index contributed by atoms with van der Waals surface area (Å²) < 4.78 is 0. The average molecular weight is 240 g/mol. The first kappa shape index (κ1) is 13.4. The smallest absolute Gasteiger partial charge is 0.0366 e. The zero-order chi connectivity index (χ0) is 10.7. The van der Waals surface area contributed by atoms with Crippen LogP contribution in [0.2, 0.25) is 0 Å². The van der Waals surface area contributed by atoms with E-state index in [1.807, 2.05) is 0 Å². The lowest BCUT2D eigenvalue weighted by molar-refractivity contribution is 0.578. The molecule has 0 saturated carbocycles. The topological polar surface area (TPSA) is 3.24 Å². The Morgan fingerprint density at radius 2 is 1.50 bits per heavy atom. The van der Waals surface area contributed by atoms with Crippen molar-refractivity contribution in [3.05, 3.63) is 29.8 Å². The van der Waals surface area contributed by atoms with E-state index in [-0.39, 0.29) is 12.4 Å². The van der Waals surface area contributed by atoms with E-state index < -0.39 is 0 Å². The molecule has 0 amide bonds. The Bertz CT molecular complexity index is 299. The number of anilines is 1. The summed E-state index contributed by atoms with van der Waals surface area (Å²) in [7, 11) is 0. The number of nitrogens with zero attached hydrogens (tertiary/aromatic N) is 1. The quantitative estimate of drug-likeness (QED) is 0.747. The van der Waals surface area contributed by atoms with Gasteiger partial charge in [-0.3, -0.25) is 0 Å². The molecule has 1 nitrogen and oxygen atoms in total. The van der Waals surface area contributed by atoms with Gasteiger partial charge in [0.05, 0.1) is 0 Å². The van der Waals surface area contributed by atoms with Crippen molar-refractivity contribution in [1.82, 2.24) is 0 Å². The third kappa shape index (κ3) is 3.15. The lowest BCUT2D eigenvalue weighted by Gasteiger charge is -2.29. The summed E-state index contributed by atoms with van der Waals surface area (Å²) in [4.78, 5) is 2.51. The largest absolute Gasteiger partial charge is 0.372 e. The zero-order valence-electron chi connectivity index (χ0n) is 10.3. The van der Waals surface area contributed by atoms with Crippen LogP contribution in [0, 0.1) is 0 Å². The second-order valence-corrected chi connectivity index (χ2v) is 4.79. The minimum absolute atomic E-state index is 0. The summed E-state index contributed by atoms with van der Waals surface area (Å²) in [6.45, 7) is 6.97. The number of hydrogen-bond acceptors (Lipinski definition) is 1. The maximum atomic E-state index is 2.51. The van der Waals surface area contributed by atoms with Crippen LogP contribution in [-0.2, 0) is 0 Å². The lowest BCUT2D eigenvalue weighted by Crippen LogP contribution is -2.29. The zero-order valence-corrected chi connectivity index (χ0v) is 11.1. The van der Waals surface area contributed by atoms with E-state index in [1.165, 1.54) is 43.6 Å². The molecule has 1 heterocycles. The van der Waals surface area contributed by atoms with Crippen LogP contribution in [0.15, 0.2) is 24.3 Å². The van der Waals surface area contributed by atoms with Crippen molar-refractivity contribution in [3.63, 3.8) is 0 Å². The molecule has 1 aromatic rings. The Kier molecular flexibility index (Phi) is 5.14. The van der Waals surface area contributed by atoms with Crippen molar-refractivity contribution in [2.24, 2.45) is 0 Å². The van der Waals surface area contributed by atoms with E-state index in [4.69, 9.17) is 0 Å². The van der Waals surface area contributed by atoms with Crippen LogP contribution in [-0.4, -0.2) is 13.1 Å². The Morgan fingerprint density at radius 1 is 0.938 bits per heavy atom. The minimum atomic E-state index is 0. The molecular formula is C14H22ClN. The van der Waals surface area contributed by atoms with Gasteiger partial charge in [-0.1, -0.05) is 26.0 Å². The molecule has 1 saturated heterocycles. The van der Waals surface area contributed by atoms with E-state index in [0.29, 0.717) is 5.92 Å². The molecule has 2 heteroatoms. The van der Waals surface area contributed by atoms with Gasteiger partial charge >= 0.3 is 0 Å². The van der Waals surface area contributed by atoms with Crippen LogP contribution in [0.4, 0.5) is 5.69 Å². The van der Waals surface area contributed by atoms with Gasteiger partial charge in [0.2, 0.25) is 0 Å². The van der Waals surface area contributed by atoms with Crippen molar-refractivity contribution in [1.29, 1.82) is 0 Å². The summed E-state index contributed by atoms with van der Waals surface area (Å²) in [6, 6.07) is 9.10. The summed E-state index contributed by atoms with van der Waals surface area (Å²) in [5.74, 6) is 0.639. The van der Waals surface area contributed by atoms with Crippen LogP contribution in [0.5, 0.6) is 0 Å². The van der Waals surface area contributed by atoms with Crippen molar-refractivity contribution >= 4 is 18.1 Å². The highest BCUT2D eigenvalue weighted by molar-refractivity contribution is 5.85. The van der Waals surface area contributed by atoms with E-state index in [9.17, 15) is 0 Å². The van der Waals surface area contributed by atoms with Gasteiger partial charge < -0.3 is 4.90 Å².